The molecule has 0 radical (unpaired) electrons. The summed E-state index contributed by atoms with van der Waals surface area (Å²) >= 11 is 1.38. The number of amides is 1. The smallest absolute Gasteiger partial charge is 0.230 e. The van der Waals surface area contributed by atoms with Crippen molar-refractivity contribution in [3.05, 3.63) is 18.5 Å². The second-order valence-corrected chi connectivity index (χ2v) is 6.20. The zero-order valence-electron chi connectivity index (χ0n) is 11.5. The second-order valence-electron chi connectivity index (χ2n) is 5.26. The van der Waals surface area contributed by atoms with E-state index in [9.17, 15) is 4.79 Å². The summed E-state index contributed by atoms with van der Waals surface area (Å²) in [7, 11) is 0. The summed E-state index contributed by atoms with van der Waals surface area (Å²) in [6, 6.07) is 2.10. The van der Waals surface area contributed by atoms with Gasteiger partial charge in [-0.2, -0.15) is 0 Å². The third kappa shape index (κ3) is 4.20. The van der Waals surface area contributed by atoms with Crippen LogP contribution in [0, 0.1) is 11.8 Å². The van der Waals surface area contributed by atoms with Gasteiger partial charge in [-0.05, 0) is 24.3 Å². The van der Waals surface area contributed by atoms with Crippen LogP contribution in [0.4, 0.5) is 0 Å². The van der Waals surface area contributed by atoms with E-state index >= 15 is 0 Å². The van der Waals surface area contributed by atoms with Gasteiger partial charge in [-0.1, -0.05) is 38.5 Å². The van der Waals surface area contributed by atoms with Gasteiger partial charge >= 0.3 is 0 Å². The second kappa shape index (κ2) is 6.89. The Kier molecular flexibility index (Phi) is 5.19. The number of hydrogen-bond acceptors (Lipinski definition) is 4. The van der Waals surface area contributed by atoms with Crippen molar-refractivity contribution in [2.24, 2.45) is 11.8 Å². The molecule has 4 nitrogen and oxygen atoms in total. The molecule has 1 fully saturated rings. The van der Waals surface area contributed by atoms with E-state index in [0.29, 0.717) is 28.8 Å². The topological polar surface area (TPSA) is 54.9 Å². The average molecular weight is 279 g/mol. The van der Waals surface area contributed by atoms with Crippen molar-refractivity contribution in [1.29, 1.82) is 0 Å². The molecule has 1 N–H and O–H groups in total. The van der Waals surface area contributed by atoms with Gasteiger partial charge in [-0.25, -0.2) is 9.97 Å². The number of aromatic nitrogens is 2. The van der Waals surface area contributed by atoms with E-state index in [2.05, 4.69) is 29.1 Å². The lowest BCUT2D eigenvalue weighted by Crippen LogP contribution is -2.44. The molecule has 0 bridgehead atoms. The van der Waals surface area contributed by atoms with E-state index in [1.165, 1.54) is 24.6 Å². The van der Waals surface area contributed by atoms with Crippen LogP contribution in [0.1, 0.15) is 33.1 Å². The van der Waals surface area contributed by atoms with Crippen LogP contribution in [0.25, 0.3) is 0 Å². The van der Waals surface area contributed by atoms with E-state index in [1.54, 1.807) is 18.5 Å². The lowest BCUT2D eigenvalue weighted by Gasteiger charge is -2.34. The van der Waals surface area contributed by atoms with E-state index < -0.39 is 0 Å². The molecule has 1 saturated carbocycles. The van der Waals surface area contributed by atoms with E-state index in [0.717, 1.165) is 6.42 Å². The molecule has 1 heterocycles. The highest BCUT2D eigenvalue weighted by Gasteiger charge is 2.27. The third-order valence-electron chi connectivity index (χ3n) is 3.93. The molecule has 1 aromatic rings. The van der Waals surface area contributed by atoms with Gasteiger partial charge in [-0.3, -0.25) is 4.79 Å². The standard InChI is InChI=1S/C14H21N3OS/c1-10-5-3-6-12(11(10)2)17-13(18)9-19-14-15-7-4-8-16-14/h4,7-8,10-12H,3,5-6,9H2,1-2H3,(H,17,18)/t10-,11-,12+/m1/s1. The minimum Gasteiger partial charge on any atom is -0.352 e. The summed E-state index contributed by atoms with van der Waals surface area (Å²) in [5, 5.41) is 3.81. The first-order valence-electron chi connectivity index (χ1n) is 6.86. The molecule has 1 aliphatic rings. The number of rotatable bonds is 4. The molecular weight excluding hydrogens is 258 g/mol. The molecule has 0 spiro atoms. The Balaban J connectivity index is 1.78. The summed E-state index contributed by atoms with van der Waals surface area (Å²) in [5.74, 6) is 1.74. The van der Waals surface area contributed by atoms with Crippen molar-refractivity contribution in [1.82, 2.24) is 15.3 Å². The highest BCUT2D eigenvalue weighted by Crippen LogP contribution is 2.29. The maximum absolute atomic E-state index is 11.9. The van der Waals surface area contributed by atoms with Crippen molar-refractivity contribution in [3.63, 3.8) is 0 Å². The number of nitrogens with zero attached hydrogens (tertiary/aromatic N) is 2. The predicted molar refractivity (Wildman–Crippen MR) is 76.9 cm³/mol. The van der Waals surface area contributed by atoms with E-state index in [-0.39, 0.29) is 5.91 Å². The van der Waals surface area contributed by atoms with Crippen molar-refractivity contribution >= 4 is 17.7 Å². The quantitative estimate of drug-likeness (QED) is 0.679. The van der Waals surface area contributed by atoms with Crippen LogP contribution in [0.15, 0.2) is 23.6 Å². The lowest BCUT2D eigenvalue weighted by atomic mass is 9.78. The molecule has 0 aliphatic heterocycles. The Morgan fingerprint density at radius 3 is 2.84 bits per heavy atom. The first-order chi connectivity index (χ1) is 9.16. The van der Waals surface area contributed by atoms with Gasteiger partial charge in [-0.15, -0.1) is 0 Å². The normalized spacial score (nSPS) is 26.9. The predicted octanol–water partition coefficient (Wildman–Crippen LogP) is 2.51. The SMILES string of the molecule is C[C@@H]1[C@H](C)CCC[C@@H]1NC(=O)CSc1ncccn1. The van der Waals surface area contributed by atoms with Gasteiger partial charge in [0.2, 0.25) is 5.91 Å². The molecule has 0 saturated heterocycles. The molecular formula is C14H21N3OS. The van der Waals surface area contributed by atoms with Gasteiger partial charge in [0.15, 0.2) is 5.16 Å². The summed E-state index contributed by atoms with van der Waals surface area (Å²) in [5.41, 5.74) is 0. The number of hydrogen-bond donors (Lipinski definition) is 1. The molecule has 1 aromatic heterocycles. The molecule has 0 unspecified atom stereocenters. The number of nitrogens with one attached hydrogen (secondary N) is 1. The van der Waals surface area contributed by atoms with Crippen molar-refractivity contribution in [3.8, 4) is 0 Å². The molecule has 0 aromatic carbocycles. The summed E-state index contributed by atoms with van der Waals surface area (Å²) in [6.45, 7) is 4.51. The monoisotopic (exact) mass is 279 g/mol. The molecule has 5 heteroatoms. The summed E-state index contributed by atoms with van der Waals surface area (Å²) < 4.78 is 0. The third-order valence-corrected chi connectivity index (χ3v) is 4.80. The van der Waals surface area contributed by atoms with Gasteiger partial charge < -0.3 is 5.32 Å². The van der Waals surface area contributed by atoms with E-state index in [1.807, 2.05) is 0 Å². The lowest BCUT2D eigenvalue weighted by molar-refractivity contribution is -0.120. The molecule has 3 atom stereocenters. The fourth-order valence-corrected chi connectivity index (χ4v) is 3.14. The Labute approximate surface area is 118 Å². The summed E-state index contributed by atoms with van der Waals surface area (Å²) in [6.07, 6.45) is 6.98. The van der Waals surface area contributed by atoms with Gasteiger partial charge in [0.1, 0.15) is 0 Å². The highest BCUT2D eigenvalue weighted by atomic mass is 32.2. The number of carbonyl (C=O) groups excluding carboxylic acids is 1. The van der Waals surface area contributed by atoms with Gasteiger partial charge in [0.25, 0.3) is 0 Å². The van der Waals surface area contributed by atoms with E-state index in [4.69, 9.17) is 0 Å². The molecule has 1 aliphatic carbocycles. The Bertz CT molecular complexity index is 412. The van der Waals surface area contributed by atoms with Crippen LogP contribution in [-0.2, 0) is 4.79 Å². The zero-order chi connectivity index (χ0) is 13.7. The fraction of sp³-hybridized carbons (Fsp3) is 0.643. The molecule has 19 heavy (non-hydrogen) atoms. The largest absolute Gasteiger partial charge is 0.352 e. The maximum Gasteiger partial charge on any atom is 0.230 e. The summed E-state index contributed by atoms with van der Waals surface area (Å²) in [4.78, 5) is 20.1. The van der Waals surface area contributed by atoms with Crippen LogP contribution in [0.5, 0.6) is 0 Å². The molecule has 1 amide bonds. The van der Waals surface area contributed by atoms with Crippen molar-refractivity contribution in [2.45, 2.75) is 44.3 Å². The van der Waals surface area contributed by atoms with Crippen molar-refractivity contribution < 1.29 is 4.79 Å². The average Bonchev–Trinajstić information content (AvgIpc) is 2.43. The zero-order valence-corrected chi connectivity index (χ0v) is 12.3. The first-order valence-corrected chi connectivity index (χ1v) is 7.84. The number of carbonyl (C=O) groups is 1. The van der Waals surface area contributed by atoms with Crippen LogP contribution < -0.4 is 5.32 Å². The van der Waals surface area contributed by atoms with Gasteiger partial charge in [0, 0.05) is 18.4 Å². The van der Waals surface area contributed by atoms with Crippen LogP contribution in [0.3, 0.4) is 0 Å². The van der Waals surface area contributed by atoms with Crippen LogP contribution >= 0.6 is 11.8 Å². The Morgan fingerprint density at radius 1 is 1.37 bits per heavy atom. The maximum atomic E-state index is 11.9. The number of thioether (sulfide) groups is 1. The minimum absolute atomic E-state index is 0.0865. The molecule has 2 rings (SSSR count). The first kappa shape index (κ1) is 14.3. The minimum atomic E-state index is 0.0865. The Morgan fingerprint density at radius 2 is 2.11 bits per heavy atom. The van der Waals surface area contributed by atoms with Gasteiger partial charge in [0.05, 0.1) is 5.75 Å². The highest BCUT2D eigenvalue weighted by molar-refractivity contribution is 7.99. The van der Waals surface area contributed by atoms with Crippen LogP contribution in [-0.4, -0.2) is 27.7 Å². The molecule has 104 valence electrons. The Hall–Kier alpha value is -1.10. The fourth-order valence-electron chi connectivity index (χ4n) is 2.52. The van der Waals surface area contributed by atoms with Crippen molar-refractivity contribution in [2.75, 3.05) is 5.75 Å². The van der Waals surface area contributed by atoms with Crippen LogP contribution in [0.2, 0.25) is 0 Å².